The predicted molar refractivity (Wildman–Crippen MR) is 76.2 cm³/mol. The zero-order valence-electron chi connectivity index (χ0n) is 11.8. The van der Waals surface area contributed by atoms with Gasteiger partial charge in [0.2, 0.25) is 0 Å². The van der Waals surface area contributed by atoms with Gasteiger partial charge in [0, 0.05) is 12.5 Å². The van der Waals surface area contributed by atoms with E-state index in [1.54, 1.807) is 0 Å². The van der Waals surface area contributed by atoms with Crippen LogP contribution in [0.1, 0.15) is 45.1 Å². The molecular weight excluding hydrogens is 222 g/mol. The van der Waals surface area contributed by atoms with Crippen molar-refractivity contribution < 1.29 is 4.74 Å². The maximum atomic E-state index is 6.28. The van der Waals surface area contributed by atoms with Crippen LogP contribution in [0.4, 0.5) is 0 Å². The van der Waals surface area contributed by atoms with Crippen LogP contribution in [0, 0.1) is 5.92 Å². The molecule has 1 aliphatic rings. The summed E-state index contributed by atoms with van der Waals surface area (Å²) in [4.78, 5) is 0. The van der Waals surface area contributed by atoms with E-state index in [0.717, 1.165) is 31.7 Å². The topological polar surface area (TPSA) is 21.3 Å². The van der Waals surface area contributed by atoms with E-state index in [1.807, 2.05) is 0 Å². The monoisotopic (exact) mass is 247 g/mol. The van der Waals surface area contributed by atoms with Crippen molar-refractivity contribution in [1.29, 1.82) is 0 Å². The van der Waals surface area contributed by atoms with E-state index in [1.165, 1.54) is 5.56 Å². The summed E-state index contributed by atoms with van der Waals surface area (Å²) in [6.45, 7) is 8.90. The van der Waals surface area contributed by atoms with Gasteiger partial charge in [-0.15, -0.1) is 0 Å². The highest BCUT2D eigenvalue weighted by Crippen LogP contribution is 2.30. The highest BCUT2D eigenvalue weighted by molar-refractivity contribution is 5.36. The first-order valence-corrected chi connectivity index (χ1v) is 7.18. The van der Waals surface area contributed by atoms with E-state index in [-0.39, 0.29) is 0 Å². The Labute approximate surface area is 111 Å². The van der Waals surface area contributed by atoms with Crippen LogP contribution >= 0.6 is 0 Å². The van der Waals surface area contributed by atoms with Gasteiger partial charge in [-0.25, -0.2) is 0 Å². The van der Waals surface area contributed by atoms with Crippen molar-refractivity contribution in [1.82, 2.24) is 5.32 Å². The SMILES string of the molecule is CCC(C)c1ccccc1OC1CCNCC1C. The van der Waals surface area contributed by atoms with E-state index in [9.17, 15) is 0 Å². The zero-order valence-corrected chi connectivity index (χ0v) is 11.8. The van der Waals surface area contributed by atoms with E-state index < -0.39 is 0 Å². The van der Waals surface area contributed by atoms with Gasteiger partial charge < -0.3 is 10.1 Å². The second kappa shape index (κ2) is 6.24. The lowest BCUT2D eigenvalue weighted by molar-refractivity contribution is 0.110. The van der Waals surface area contributed by atoms with Crippen molar-refractivity contribution >= 4 is 0 Å². The number of ether oxygens (including phenoxy) is 1. The Morgan fingerprint density at radius 2 is 2.17 bits per heavy atom. The Hall–Kier alpha value is -1.02. The Morgan fingerprint density at radius 1 is 1.39 bits per heavy atom. The fraction of sp³-hybridized carbons (Fsp3) is 0.625. The van der Waals surface area contributed by atoms with Gasteiger partial charge in [0.15, 0.2) is 0 Å². The number of rotatable bonds is 4. The van der Waals surface area contributed by atoms with Gasteiger partial charge in [-0.05, 0) is 36.9 Å². The van der Waals surface area contributed by atoms with Gasteiger partial charge in [0.25, 0.3) is 0 Å². The minimum Gasteiger partial charge on any atom is -0.490 e. The molecule has 0 bridgehead atoms. The third-order valence-electron chi connectivity index (χ3n) is 4.05. The molecule has 1 saturated heterocycles. The van der Waals surface area contributed by atoms with Gasteiger partial charge in [0.05, 0.1) is 0 Å². The number of hydrogen-bond donors (Lipinski definition) is 1. The Balaban J connectivity index is 2.12. The maximum Gasteiger partial charge on any atom is 0.123 e. The fourth-order valence-corrected chi connectivity index (χ4v) is 2.54. The van der Waals surface area contributed by atoms with Crippen molar-refractivity contribution in [3.05, 3.63) is 29.8 Å². The van der Waals surface area contributed by atoms with Crippen LogP contribution in [0.5, 0.6) is 5.75 Å². The van der Waals surface area contributed by atoms with Gasteiger partial charge in [-0.1, -0.05) is 39.0 Å². The summed E-state index contributed by atoms with van der Waals surface area (Å²) >= 11 is 0. The summed E-state index contributed by atoms with van der Waals surface area (Å²) < 4.78 is 6.28. The van der Waals surface area contributed by atoms with Crippen molar-refractivity contribution in [2.45, 2.75) is 45.6 Å². The van der Waals surface area contributed by atoms with Crippen molar-refractivity contribution in [3.8, 4) is 5.75 Å². The molecule has 2 heteroatoms. The molecule has 1 fully saturated rings. The molecule has 0 spiro atoms. The van der Waals surface area contributed by atoms with Crippen LogP contribution in [0.3, 0.4) is 0 Å². The van der Waals surface area contributed by atoms with Crippen LogP contribution in [-0.4, -0.2) is 19.2 Å². The molecule has 100 valence electrons. The first kappa shape index (κ1) is 13.4. The molecule has 2 rings (SSSR count). The van der Waals surface area contributed by atoms with Crippen LogP contribution in [0.2, 0.25) is 0 Å². The zero-order chi connectivity index (χ0) is 13.0. The number of para-hydroxylation sites is 1. The number of benzene rings is 1. The molecule has 1 aliphatic heterocycles. The molecule has 0 radical (unpaired) electrons. The van der Waals surface area contributed by atoms with E-state index >= 15 is 0 Å². The third-order valence-corrected chi connectivity index (χ3v) is 4.05. The summed E-state index contributed by atoms with van der Waals surface area (Å²) in [5.41, 5.74) is 1.35. The first-order valence-electron chi connectivity index (χ1n) is 7.18. The summed E-state index contributed by atoms with van der Waals surface area (Å²) in [7, 11) is 0. The number of nitrogens with one attached hydrogen (secondary N) is 1. The first-order chi connectivity index (χ1) is 8.72. The Kier molecular flexibility index (Phi) is 4.65. The fourth-order valence-electron chi connectivity index (χ4n) is 2.54. The standard InChI is InChI=1S/C16H25NO/c1-4-12(2)14-7-5-6-8-16(14)18-15-9-10-17-11-13(15)3/h5-8,12-13,15,17H,4,9-11H2,1-3H3. The normalized spacial score (nSPS) is 25.7. The van der Waals surface area contributed by atoms with Crippen molar-refractivity contribution in [3.63, 3.8) is 0 Å². The molecule has 1 aromatic carbocycles. The molecule has 1 aromatic rings. The van der Waals surface area contributed by atoms with Crippen LogP contribution in [0.25, 0.3) is 0 Å². The van der Waals surface area contributed by atoms with Gasteiger partial charge >= 0.3 is 0 Å². The summed E-state index contributed by atoms with van der Waals surface area (Å²) in [5.74, 6) is 2.24. The van der Waals surface area contributed by atoms with Crippen LogP contribution in [-0.2, 0) is 0 Å². The molecule has 1 heterocycles. The average Bonchev–Trinajstić information content (AvgIpc) is 2.41. The highest BCUT2D eigenvalue weighted by Gasteiger charge is 2.23. The molecule has 0 amide bonds. The molecule has 0 aliphatic carbocycles. The lowest BCUT2D eigenvalue weighted by atomic mass is 9.96. The van der Waals surface area contributed by atoms with Crippen molar-refractivity contribution in [2.24, 2.45) is 5.92 Å². The molecule has 2 nitrogen and oxygen atoms in total. The largest absolute Gasteiger partial charge is 0.490 e. The lowest BCUT2D eigenvalue weighted by Gasteiger charge is -2.31. The maximum absolute atomic E-state index is 6.28. The molecule has 1 N–H and O–H groups in total. The third kappa shape index (κ3) is 3.05. The van der Waals surface area contributed by atoms with Gasteiger partial charge in [-0.3, -0.25) is 0 Å². The molecule has 3 unspecified atom stereocenters. The minimum atomic E-state index is 0.358. The molecule has 18 heavy (non-hydrogen) atoms. The quantitative estimate of drug-likeness (QED) is 0.878. The van der Waals surface area contributed by atoms with Gasteiger partial charge in [0.1, 0.15) is 11.9 Å². The van der Waals surface area contributed by atoms with Crippen molar-refractivity contribution in [2.75, 3.05) is 13.1 Å². The summed E-state index contributed by atoms with van der Waals surface area (Å²) in [5, 5.41) is 3.42. The smallest absolute Gasteiger partial charge is 0.123 e. The number of piperidine rings is 1. The Morgan fingerprint density at radius 3 is 2.89 bits per heavy atom. The summed E-state index contributed by atoms with van der Waals surface area (Å²) in [6.07, 6.45) is 2.62. The molecule has 0 saturated carbocycles. The van der Waals surface area contributed by atoms with Crippen LogP contribution in [0.15, 0.2) is 24.3 Å². The van der Waals surface area contributed by atoms with E-state index in [4.69, 9.17) is 4.74 Å². The summed E-state index contributed by atoms with van der Waals surface area (Å²) in [6, 6.07) is 8.51. The van der Waals surface area contributed by atoms with E-state index in [2.05, 4.69) is 50.4 Å². The van der Waals surface area contributed by atoms with E-state index in [0.29, 0.717) is 17.9 Å². The minimum absolute atomic E-state index is 0.358. The molecule has 3 atom stereocenters. The highest BCUT2D eigenvalue weighted by atomic mass is 16.5. The lowest BCUT2D eigenvalue weighted by Crippen LogP contribution is -2.41. The molecular formula is C16H25NO. The Bertz CT molecular complexity index is 377. The average molecular weight is 247 g/mol. The molecule has 0 aromatic heterocycles. The number of hydrogen-bond acceptors (Lipinski definition) is 2. The van der Waals surface area contributed by atoms with Gasteiger partial charge in [-0.2, -0.15) is 0 Å². The predicted octanol–water partition coefficient (Wildman–Crippen LogP) is 3.58. The second-order valence-electron chi connectivity index (χ2n) is 5.47. The van der Waals surface area contributed by atoms with Crippen LogP contribution < -0.4 is 10.1 Å². The second-order valence-corrected chi connectivity index (χ2v) is 5.47.